The smallest absolute Gasteiger partial charge is 0.261 e. The highest BCUT2D eigenvalue weighted by Crippen LogP contribution is 2.18. The fourth-order valence-electron chi connectivity index (χ4n) is 2.47. The number of amides is 2. The second-order valence-electron chi connectivity index (χ2n) is 6.12. The average molecular weight is 416 g/mol. The van der Waals surface area contributed by atoms with Crippen LogP contribution in [0.2, 0.25) is 0 Å². The SMILES string of the molecule is CCCC(=O)Nc1cccc(NC(=S)NC(=O)c2ccccc2OCCOC)c1. The van der Waals surface area contributed by atoms with Crippen molar-refractivity contribution < 1.29 is 19.1 Å². The molecule has 0 aliphatic carbocycles. The molecule has 2 aromatic rings. The highest BCUT2D eigenvalue weighted by molar-refractivity contribution is 7.80. The number of hydrogen-bond acceptors (Lipinski definition) is 5. The molecule has 2 rings (SSSR count). The lowest BCUT2D eigenvalue weighted by Crippen LogP contribution is -2.34. The molecule has 0 heterocycles. The van der Waals surface area contributed by atoms with Gasteiger partial charge in [0.1, 0.15) is 12.4 Å². The van der Waals surface area contributed by atoms with Crippen molar-refractivity contribution in [2.75, 3.05) is 31.0 Å². The lowest BCUT2D eigenvalue weighted by atomic mass is 10.2. The molecule has 3 N–H and O–H groups in total. The number of methoxy groups -OCH3 is 1. The first-order valence-electron chi connectivity index (χ1n) is 9.26. The third kappa shape index (κ3) is 7.52. The Morgan fingerprint density at radius 3 is 2.45 bits per heavy atom. The monoisotopic (exact) mass is 415 g/mol. The fourth-order valence-corrected chi connectivity index (χ4v) is 2.68. The number of rotatable bonds is 9. The van der Waals surface area contributed by atoms with Crippen molar-refractivity contribution in [3.8, 4) is 5.75 Å². The summed E-state index contributed by atoms with van der Waals surface area (Å²) in [5.41, 5.74) is 1.67. The number of benzene rings is 2. The largest absolute Gasteiger partial charge is 0.490 e. The minimum atomic E-state index is -0.386. The molecule has 2 amide bonds. The molecule has 154 valence electrons. The molecular weight excluding hydrogens is 390 g/mol. The maximum Gasteiger partial charge on any atom is 0.261 e. The molecule has 29 heavy (non-hydrogen) atoms. The van der Waals surface area contributed by atoms with Gasteiger partial charge in [-0.05, 0) is 49.0 Å². The van der Waals surface area contributed by atoms with Gasteiger partial charge in [0.15, 0.2) is 5.11 Å². The summed E-state index contributed by atoms with van der Waals surface area (Å²) in [7, 11) is 1.58. The molecule has 8 heteroatoms. The van der Waals surface area contributed by atoms with Crippen LogP contribution in [0.5, 0.6) is 5.75 Å². The Hall–Kier alpha value is -2.97. The van der Waals surface area contributed by atoms with E-state index in [1.807, 2.05) is 6.92 Å². The minimum absolute atomic E-state index is 0.0504. The van der Waals surface area contributed by atoms with Gasteiger partial charge in [-0.1, -0.05) is 25.1 Å². The second-order valence-corrected chi connectivity index (χ2v) is 6.53. The minimum Gasteiger partial charge on any atom is -0.490 e. The first-order chi connectivity index (χ1) is 14.0. The zero-order valence-corrected chi connectivity index (χ0v) is 17.3. The van der Waals surface area contributed by atoms with E-state index in [0.717, 1.165) is 6.42 Å². The van der Waals surface area contributed by atoms with Crippen molar-refractivity contribution in [3.05, 3.63) is 54.1 Å². The van der Waals surface area contributed by atoms with E-state index in [4.69, 9.17) is 21.7 Å². The first-order valence-corrected chi connectivity index (χ1v) is 9.67. The Morgan fingerprint density at radius 1 is 1.00 bits per heavy atom. The molecule has 0 aliphatic rings. The van der Waals surface area contributed by atoms with Crippen LogP contribution in [0, 0.1) is 0 Å². The molecule has 0 aliphatic heterocycles. The number of anilines is 2. The van der Waals surface area contributed by atoms with Crippen molar-refractivity contribution >= 4 is 40.5 Å². The molecule has 0 spiro atoms. The third-order valence-electron chi connectivity index (χ3n) is 3.79. The second kappa shape index (κ2) is 11.8. The van der Waals surface area contributed by atoms with Crippen LogP contribution in [0.4, 0.5) is 11.4 Å². The van der Waals surface area contributed by atoms with Gasteiger partial charge in [-0.3, -0.25) is 14.9 Å². The van der Waals surface area contributed by atoms with Gasteiger partial charge in [0.05, 0.1) is 12.2 Å². The average Bonchev–Trinajstić information content (AvgIpc) is 2.69. The van der Waals surface area contributed by atoms with E-state index < -0.39 is 0 Å². The lowest BCUT2D eigenvalue weighted by molar-refractivity contribution is -0.116. The maximum atomic E-state index is 12.6. The van der Waals surface area contributed by atoms with Crippen molar-refractivity contribution in [1.82, 2.24) is 5.32 Å². The van der Waals surface area contributed by atoms with E-state index in [-0.39, 0.29) is 16.9 Å². The first kappa shape index (κ1) is 22.3. The van der Waals surface area contributed by atoms with Gasteiger partial charge in [-0.25, -0.2) is 0 Å². The molecule has 0 saturated carbocycles. The number of para-hydroxylation sites is 1. The lowest BCUT2D eigenvalue weighted by Gasteiger charge is -2.13. The molecule has 2 aromatic carbocycles. The summed E-state index contributed by atoms with van der Waals surface area (Å²) in [5, 5.41) is 8.54. The van der Waals surface area contributed by atoms with Crippen LogP contribution in [0.15, 0.2) is 48.5 Å². The van der Waals surface area contributed by atoms with Crippen LogP contribution in [-0.2, 0) is 9.53 Å². The quantitative estimate of drug-likeness (QED) is 0.429. The van der Waals surface area contributed by atoms with Crippen LogP contribution in [0.25, 0.3) is 0 Å². The Labute approximate surface area is 175 Å². The van der Waals surface area contributed by atoms with Gasteiger partial charge in [-0.2, -0.15) is 0 Å². The van der Waals surface area contributed by atoms with E-state index in [0.29, 0.717) is 42.3 Å². The Kier molecular flexibility index (Phi) is 9.07. The molecule has 0 fully saturated rings. The maximum absolute atomic E-state index is 12.6. The van der Waals surface area contributed by atoms with Gasteiger partial charge in [0.25, 0.3) is 5.91 Å². The zero-order valence-electron chi connectivity index (χ0n) is 16.5. The normalized spacial score (nSPS) is 10.1. The van der Waals surface area contributed by atoms with E-state index in [9.17, 15) is 9.59 Å². The van der Waals surface area contributed by atoms with Gasteiger partial charge in [0, 0.05) is 24.9 Å². The summed E-state index contributed by atoms with van der Waals surface area (Å²) < 4.78 is 10.5. The summed E-state index contributed by atoms with van der Waals surface area (Å²) in [4.78, 5) is 24.3. The van der Waals surface area contributed by atoms with E-state index in [1.54, 1.807) is 55.6 Å². The van der Waals surface area contributed by atoms with Gasteiger partial charge < -0.3 is 20.1 Å². The van der Waals surface area contributed by atoms with Crippen molar-refractivity contribution in [2.24, 2.45) is 0 Å². The number of carbonyl (C=O) groups is 2. The van der Waals surface area contributed by atoms with Crippen LogP contribution in [0.1, 0.15) is 30.1 Å². The van der Waals surface area contributed by atoms with E-state index in [1.165, 1.54) is 0 Å². The van der Waals surface area contributed by atoms with E-state index >= 15 is 0 Å². The number of thiocarbonyl (C=S) groups is 1. The molecule has 0 radical (unpaired) electrons. The standard InChI is InChI=1S/C21H25N3O4S/c1-3-7-19(25)22-15-8-6-9-16(14-15)23-21(29)24-20(26)17-10-4-5-11-18(17)28-13-12-27-2/h4-6,8-11,14H,3,7,12-13H2,1-2H3,(H,22,25)(H2,23,24,26,29). The van der Waals surface area contributed by atoms with Crippen molar-refractivity contribution in [2.45, 2.75) is 19.8 Å². The highest BCUT2D eigenvalue weighted by Gasteiger charge is 2.14. The summed E-state index contributed by atoms with van der Waals surface area (Å²) in [5.74, 6) is 0.0130. The van der Waals surface area contributed by atoms with Crippen LogP contribution < -0.4 is 20.7 Å². The summed E-state index contributed by atoms with van der Waals surface area (Å²) in [6.45, 7) is 2.69. The topological polar surface area (TPSA) is 88.7 Å². The number of carbonyl (C=O) groups excluding carboxylic acids is 2. The molecule has 0 unspecified atom stereocenters. The number of nitrogens with one attached hydrogen (secondary N) is 3. The van der Waals surface area contributed by atoms with Crippen LogP contribution in [0.3, 0.4) is 0 Å². The molecular formula is C21H25N3O4S. The van der Waals surface area contributed by atoms with Crippen molar-refractivity contribution in [3.63, 3.8) is 0 Å². The van der Waals surface area contributed by atoms with Gasteiger partial charge >= 0.3 is 0 Å². The number of hydrogen-bond donors (Lipinski definition) is 3. The van der Waals surface area contributed by atoms with Gasteiger partial charge in [0.2, 0.25) is 5.91 Å². The zero-order chi connectivity index (χ0) is 21.1. The predicted octanol–water partition coefficient (Wildman–Crippen LogP) is 3.58. The van der Waals surface area contributed by atoms with Gasteiger partial charge in [-0.15, -0.1) is 0 Å². The summed E-state index contributed by atoms with van der Waals surface area (Å²) in [6.07, 6.45) is 1.23. The van der Waals surface area contributed by atoms with E-state index in [2.05, 4.69) is 16.0 Å². The van der Waals surface area contributed by atoms with Crippen molar-refractivity contribution in [1.29, 1.82) is 0 Å². The highest BCUT2D eigenvalue weighted by atomic mass is 32.1. The van der Waals surface area contributed by atoms with Crippen LogP contribution in [-0.4, -0.2) is 37.3 Å². The van der Waals surface area contributed by atoms with Crippen LogP contribution >= 0.6 is 12.2 Å². The molecule has 0 aromatic heterocycles. The Balaban J connectivity index is 1.97. The Bertz CT molecular complexity index is 857. The number of ether oxygens (including phenoxy) is 2. The fraction of sp³-hybridized carbons (Fsp3) is 0.286. The molecule has 0 atom stereocenters. The molecule has 0 bridgehead atoms. The Morgan fingerprint density at radius 2 is 1.72 bits per heavy atom. The molecule has 0 saturated heterocycles. The third-order valence-corrected chi connectivity index (χ3v) is 3.99. The summed E-state index contributed by atoms with van der Waals surface area (Å²) >= 11 is 5.24. The predicted molar refractivity (Wildman–Crippen MR) is 117 cm³/mol. The molecule has 7 nitrogen and oxygen atoms in total. The summed E-state index contributed by atoms with van der Waals surface area (Å²) in [6, 6.07) is 14.0.